The molecule has 0 aliphatic heterocycles. The van der Waals surface area contributed by atoms with Gasteiger partial charge in [0.2, 0.25) is 5.75 Å². The van der Waals surface area contributed by atoms with E-state index in [1.165, 1.54) is 0 Å². The summed E-state index contributed by atoms with van der Waals surface area (Å²) < 4.78 is 16.3. The number of nitrogens with zero attached hydrogens (tertiary/aromatic N) is 1. The van der Waals surface area contributed by atoms with E-state index in [-0.39, 0.29) is 12.5 Å². The number of methoxy groups -OCH3 is 2. The van der Waals surface area contributed by atoms with Crippen LogP contribution in [0.15, 0.2) is 18.2 Å². The Hall–Kier alpha value is -1.91. The Labute approximate surface area is 139 Å². The highest BCUT2D eigenvalue weighted by Crippen LogP contribution is 2.36. The lowest BCUT2D eigenvalue weighted by molar-refractivity contribution is -0.134. The van der Waals surface area contributed by atoms with Crippen LogP contribution in [0.25, 0.3) is 0 Å². The smallest absolute Gasteiger partial charge is 0.260 e. The second-order valence-electron chi connectivity index (χ2n) is 6.37. The lowest BCUT2D eigenvalue weighted by atomic mass is 10.1. The molecule has 5 nitrogen and oxygen atoms in total. The number of carbonyl (C=O) groups is 1. The standard InChI is InChI=1S/C18H29NO4/c1-13(2)10-19(11-14(3)4)17(20)12-23-18-15(21-5)8-7-9-16(18)22-6/h7-9,13-14H,10-12H2,1-6H3. The van der Waals surface area contributed by atoms with Crippen molar-refractivity contribution in [1.29, 1.82) is 0 Å². The SMILES string of the molecule is COc1cccc(OC)c1OCC(=O)N(CC(C)C)CC(C)C. The summed E-state index contributed by atoms with van der Waals surface area (Å²) >= 11 is 0. The van der Waals surface area contributed by atoms with Gasteiger partial charge in [0.15, 0.2) is 18.1 Å². The Kier molecular flexibility index (Phi) is 7.72. The van der Waals surface area contributed by atoms with Crippen LogP contribution in [0.2, 0.25) is 0 Å². The first-order valence-corrected chi connectivity index (χ1v) is 8.00. The molecule has 0 radical (unpaired) electrons. The van der Waals surface area contributed by atoms with Crippen LogP contribution in [-0.2, 0) is 4.79 Å². The average molecular weight is 323 g/mol. The molecule has 130 valence electrons. The van der Waals surface area contributed by atoms with Gasteiger partial charge in [0.25, 0.3) is 5.91 Å². The molecule has 0 N–H and O–H groups in total. The van der Waals surface area contributed by atoms with E-state index in [1.54, 1.807) is 26.4 Å². The van der Waals surface area contributed by atoms with Crippen molar-refractivity contribution in [1.82, 2.24) is 4.90 Å². The number of hydrogen-bond acceptors (Lipinski definition) is 4. The summed E-state index contributed by atoms with van der Waals surface area (Å²) in [6.07, 6.45) is 0. The van der Waals surface area contributed by atoms with Crippen LogP contribution in [0.5, 0.6) is 17.2 Å². The highest BCUT2D eigenvalue weighted by molar-refractivity contribution is 5.78. The van der Waals surface area contributed by atoms with Gasteiger partial charge < -0.3 is 19.1 Å². The molecule has 0 unspecified atom stereocenters. The van der Waals surface area contributed by atoms with Gasteiger partial charge in [0.05, 0.1) is 14.2 Å². The predicted molar refractivity (Wildman–Crippen MR) is 91.3 cm³/mol. The fraction of sp³-hybridized carbons (Fsp3) is 0.611. The Morgan fingerprint density at radius 2 is 1.48 bits per heavy atom. The van der Waals surface area contributed by atoms with E-state index in [4.69, 9.17) is 14.2 Å². The second-order valence-corrected chi connectivity index (χ2v) is 6.37. The van der Waals surface area contributed by atoms with Crippen LogP contribution in [0, 0.1) is 11.8 Å². The summed E-state index contributed by atoms with van der Waals surface area (Å²) in [5, 5.41) is 0. The van der Waals surface area contributed by atoms with Crippen LogP contribution < -0.4 is 14.2 Å². The second kappa shape index (κ2) is 9.28. The zero-order valence-corrected chi connectivity index (χ0v) is 15.1. The van der Waals surface area contributed by atoms with Gasteiger partial charge in [-0.05, 0) is 24.0 Å². The monoisotopic (exact) mass is 323 g/mol. The third kappa shape index (κ3) is 6.00. The van der Waals surface area contributed by atoms with Gasteiger partial charge in [-0.2, -0.15) is 0 Å². The van der Waals surface area contributed by atoms with E-state index in [2.05, 4.69) is 27.7 Å². The number of amides is 1. The molecule has 1 amide bonds. The maximum atomic E-state index is 12.5. The van der Waals surface area contributed by atoms with Crippen molar-refractivity contribution in [3.05, 3.63) is 18.2 Å². The largest absolute Gasteiger partial charge is 0.493 e. The summed E-state index contributed by atoms with van der Waals surface area (Å²) in [6.45, 7) is 9.83. The Bertz CT molecular complexity index is 468. The molecule has 0 saturated heterocycles. The molecule has 0 saturated carbocycles. The molecule has 1 aromatic rings. The van der Waals surface area contributed by atoms with Gasteiger partial charge in [-0.1, -0.05) is 33.8 Å². The molecule has 0 aromatic heterocycles. The number of rotatable bonds is 9. The fourth-order valence-corrected chi connectivity index (χ4v) is 2.34. The van der Waals surface area contributed by atoms with Crippen molar-refractivity contribution >= 4 is 5.91 Å². The van der Waals surface area contributed by atoms with Crippen LogP contribution in [0.3, 0.4) is 0 Å². The van der Waals surface area contributed by atoms with E-state index in [9.17, 15) is 4.79 Å². The van der Waals surface area contributed by atoms with Crippen molar-refractivity contribution in [2.75, 3.05) is 33.9 Å². The number of ether oxygens (including phenoxy) is 3. The van der Waals surface area contributed by atoms with E-state index < -0.39 is 0 Å². The predicted octanol–water partition coefficient (Wildman–Crippen LogP) is 3.22. The van der Waals surface area contributed by atoms with Crippen molar-refractivity contribution in [2.45, 2.75) is 27.7 Å². The van der Waals surface area contributed by atoms with Gasteiger partial charge in [0, 0.05) is 13.1 Å². The van der Waals surface area contributed by atoms with E-state index >= 15 is 0 Å². The molecule has 23 heavy (non-hydrogen) atoms. The summed E-state index contributed by atoms with van der Waals surface area (Å²) in [5.41, 5.74) is 0. The highest BCUT2D eigenvalue weighted by atomic mass is 16.5. The Morgan fingerprint density at radius 1 is 1.00 bits per heavy atom. The van der Waals surface area contributed by atoms with Gasteiger partial charge in [-0.3, -0.25) is 4.79 Å². The van der Waals surface area contributed by atoms with E-state index in [0.29, 0.717) is 29.1 Å². The van der Waals surface area contributed by atoms with E-state index in [1.807, 2.05) is 11.0 Å². The van der Waals surface area contributed by atoms with Gasteiger partial charge in [0.1, 0.15) is 0 Å². The first-order valence-electron chi connectivity index (χ1n) is 8.00. The maximum absolute atomic E-state index is 12.5. The summed E-state index contributed by atoms with van der Waals surface area (Å²) in [7, 11) is 3.13. The molecule has 1 aromatic carbocycles. The van der Waals surface area contributed by atoms with Gasteiger partial charge in [-0.25, -0.2) is 0 Å². The van der Waals surface area contributed by atoms with Crippen molar-refractivity contribution in [3.8, 4) is 17.2 Å². The molecular weight excluding hydrogens is 294 g/mol. The van der Waals surface area contributed by atoms with Crippen molar-refractivity contribution in [2.24, 2.45) is 11.8 Å². The lowest BCUT2D eigenvalue weighted by Gasteiger charge is -2.26. The molecule has 0 fully saturated rings. The molecule has 0 atom stereocenters. The van der Waals surface area contributed by atoms with E-state index in [0.717, 1.165) is 13.1 Å². The van der Waals surface area contributed by atoms with Crippen LogP contribution in [0.1, 0.15) is 27.7 Å². The molecule has 0 aliphatic rings. The molecular formula is C18H29NO4. The topological polar surface area (TPSA) is 48.0 Å². The zero-order chi connectivity index (χ0) is 17.4. The van der Waals surface area contributed by atoms with Gasteiger partial charge in [-0.15, -0.1) is 0 Å². The number of hydrogen-bond donors (Lipinski definition) is 0. The fourth-order valence-electron chi connectivity index (χ4n) is 2.34. The molecule has 0 aliphatic carbocycles. The quantitative estimate of drug-likeness (QED) is 0.700. The first kappa shape index (κ1) is 19.1. The average Bonchev–Trinajstić information content (AvgIpc) is 2.50. The minimum absolute atomic E-state index is 0.0274. The summed E-state index contributed by atoms with van der Waals surface area (Å²) in [4.78, 5) is 14.4. The van der Waals surface area contributed by atoms with Crippen molar-refractivity contribution < 1.29 is 19.0 Å². The van der Waals surface area contributed by atoms with Crippen molar-refractivity contribution in [3.63, 3.8) is 0 Å². The molecule has 5 heteroatoms. The Morgan fingerprint density at radius 3 is 1.87 bits per heavy atom. The number of carbonyl (C=O) groups excluding carboxylic acids is 1. The number of benzene rings is 1. The molecule has 0 heterocycles. The summed E-state index contributed by atoms with van der Waals surface area (Å²) in [5.74, 6) is 2.37. The third-order valence-corrected chi connectivity index (χ3v) is 3.25. The minimum atomic E-state index is -0.0316. The van der Waals surface area contributed by atoms with Crippen LogP contribution >= 0.6 is 0 Å². The molecule has 1 rings (SSSR count). The van der Waals surface area contributed by atoms with Crippen LogP contribution in [0.4, 0.5) is 0 Å². The highest BCUT2D eigenvalue weighted by Gasteiger charge is 2.19. The van der Waals surface area contributed by atoms with Crippen LogP contribution in [-0.4, -0.2) is 44.7 Å². The minimum Gasteiger partial charge on any atom is -0.493 e. The van der Waals surface area contributed by atoms with Gasteiger partial charge >= 0.3 is 0 Å². The normalized spacial score (nSPS) is 10.8. The lowest BCUT2D eigenvalue weighted by Crippen LogP contribution is -2.39. The summed E-state index contributed by atoms with van der Waals surface area (Å²) in [6, 6.07) is 5.38. The zero-order valence-electron chi connectivity index (χ0n) is 15.1. The molecule has 0 spiro atoms. The maximum Gasteiger partial charge on any atom is 0.260 e. The molecule has 0 bridgehead atoms. The first-order chi connectivity index (χ1) is 10.9. The third-order valence-electron chi connectivity index (χ3n) is 3.25. The number of para-hydroxylation sites is 1. The Balaban J connectivity index is 2.80.